The van der Waals surface area contributed by atoms with Crippen LogP contribution in [-0.4, -0.2) is 25.2 Å². The van der Waals surface area contributed by atoms with Gasteiger partial charge in [0.25, 0.3) is 0 Å². The van der Waals surface area contributed by atoms with E-state index in [-0.39, 0.29) is 0 Å². The van der Waals surface area contributed by atoms with Crippen molar-refractivity contribution < 1.29 is 4.84 Å². The second-order valence-electron chi connectivity index (χ2n) is 3.14. The third kappa shape index (κ3) is 0.856. The molecule has 2 aliphatic rings. The van der Waals surface area contributed by atoms with Crippen molar-refractivity contribution in [2.75, 3.05) is 13.2 Å². The number of hydrogen-bond donors (Lipinski definition) is 2. The van der Waals surface area contributed by atoms with E-state index in [1.165, 1.54) is 6.42 Å². The summed E-state index contributed by atoms with van der Waals surface area (Å²) in [7, 11) is 0. The van der Waals surface area contributed by atoms with Crippen molar-refractivity contribution >= 4 is 0 Å². The van der Waals surface area contributed by atoms with Gasteiger partial charge in [-0.15, -0.1) is 0 Å². The van der Waals surface area contributed by atoms with Crippen LogP contribution in [0.4, 0.5) is 0 Å². The Morgan fingerprint density at radius 2 is 2.50 bits per heavy atom. The average Bonchev–Trinajstić information content (AvgIpc) is 2.44. The first-order valence-corrected chi connectivity index (χ1v) is 4.02. The largest absolute Gasteiger partial charge is 0.312 e. The molecule has 0 saturated carbocycles. The van der Waals surface area contributed by atoms with Crippen molar-refractivity contribution in [3.63, 3.8) is 0 Å². The van der Waals surface area contributed by atoms with Crippen LogP contribution < -0.4 is 10.8 Å². The maximum absolute atomic E-state index is 5.15. The maximum Gasteiger partial charge on any atom is 0.0739 e. The van der Waals surface area contributed by atoms with Crippen LogP contribution in [0.1, 0.15) is 13.3 Å². The first-order valence-electron chi connectivity index (χ1n) is 4.02. The summed E-state index contributed by atoms with van der Waals surface area (Å²) in [5.74, 6) is 0.713. The summed E-state index contributed by atoms with van der Waals surface area (Å²) in [6.45, 7) is 4.21. The minimum absolute atomic E-state index is 0.574. The van der Waals surface area contributed by atoms with Crippen LogP contribution in [0.15, 0.2) is 0 Å². The molecule has 2 heterocycles. The number of rotatable bonds is 1. The first-order chi connectivity index (χ1) is 4.92. The van der Waals surface area contributed by atoms with Gasteiger partial charge in [-0.25, -0.2) is 0 Å². The number of nitrogens with one attached hydrogen (secondary N) is 2. The summed E-state index contributed by atoms with van der Waals surface area (Å²) < 4.78 is 0. The van der Waals surface area contributed by atoms with E-state index in [0.717, 1.165) is 13.2 Å². The highest BCUT2D eigenvalue weighted by atomic mass is 16.7. The van der Waals surface area contributed by atoms with E-state index < -0.39 is 0 Å². The summed E-state index contributed by atoms with van der Waals surface area (Å²) in [6, 6.07) is 1.21. The molecule has 2 aliphatic heterocycles. The maximum atomic E-state index is 5.15. The fraction of sp³-hybridized carbons (Fsp3) is 1.00. The molecule has 0 unspecified atom stereocenters. The molecule has 2 fully saturated rings. The lowest BCUT2D eigenvalue weighted by molar-refractivity contribution is 0.0766. The predicted molar refractivity (Wildman–Crippen MR) is 38.4 cm³/mol. The quantitative estimate of drug-likeness (QED) is 0.536. The zero-order valence-corrected chi connectivity index (χ0v) is 6.26. The minimum Gasteiger partial charge on any atom is -0.312 e. The Hall–Kier alpha value is -0.120. The molecular weight excluding hydrogens is 128 g/mol. The van der Waals surface area contributed by atoms with E-state index in [0.29, 0.717) is 18.0 Å². The molecule has 0 aromatic carbocycles. The van der Waals surface area contributed by atoms with Gasteiger partial charge in [-0.3, -0.25) is 0 Å². The van der Waals surface area contributed by atoms with Gasteiger partial charge in [0, 0.05) is 18.5 Å². The Balaban J connectivity index is 2.01. The molecule has 0 aliphatic carbocycles. The molecule has 0 aromatic heterocycles. The van der Waals surface area contributed by atoms with Gasteiger partial charge in [-0.1, -0.05) is 6.92 Å². The van der Waals surface area contributed by atoms with E-state index in [9.17, 15) is 0 Å². The topological polar surface area (TPSA) is 33.3 Å². The van der Waals surface area contributed by atoms with Gasteiger partial charge < -0.3 is 10.2 Å². The van der Waals surface area contributed by atoms with E-state index in [1.54, 1.807) is 0 Å². The molecule has 0 aromatic rings. The molecule has 10 heavy (non-hydrogen) atoms. The number of fused-ring (bicyclic) bond motifs is 1. The van der Waals surface area contributed by atoms with Gasteiger partial charge in [0.15, 0.2) is 0 Å². The number of hydrogen-bond acceptors (Lipinski definition) is 3. The molecule has 3 nitrogen and oxygen atoms in total. The van der Waals surface area contributed by atoms with Gasteiger partial charge in [0.2, 0.25) is 0 Å². The number of hydroxylamine groups is 1. The fourth-order valence-electron chi connectivity index (χ4n) is 1.88. The van der Waals surface area contributed by atoms with E-state index in [1.807, 2.05) is 0 Å². The van der Waals surface area contributed by atoms with Crippen molar-refractivity contribution in [1.82, 2.24) is 10.8 Å². The van der Waals surface area contributed by atoms with Crippen molar-refractivity contribution in [2.24, 2.45) is 5.92 Å². The Morgan fingerprint density at radius 3 is 3.30 bits per heavy atom. The lowest BCUT2D eigenvalue weighted by atomic mass is 10.0. The Bertz CT molecular complexity index is 129. The highest BCUT2D eigenvalue weighted by Gasteiger charge is 2.38. The van der Waals surface area contributed by atoms with Gasteiger partial charge in [0.05, 0.1) is 12.6 Å². The lowest BCUT2D eigenvalue weighted by Gasteiger charge is -2.14. The van der Waals surface area contributed by atoms with Crippen LogP contribution in [0.3, 0.4) is 0 Å². The van der Waals surface area contributed by atoms with Crippen molar-refractivity contribution in [1.29, 1.82) is 0 Å². The summed E-state index contributed by atoms with van der Waals surface area (Å²) >= 11 is 0. The zero-order valence-electron chi connectivity index (χ0n) is 6.26. The molecule has 0 bridgehead atoms. The molecule has 2 N–H and O–H groups in total. The van der Waals surface area contributed by atoms with E-state index in [2.05, 4.69) is 17.7 Å². The highest BCUT2D eigenvalue weighted by molar-refractivity contribution is 4.95. The second kappa shape index (κ2) is 2.49. The molecule has 0 radical (unpaired) electrons. The molecule has 58 valence electrons. The summed E-state index contributed by atoms with van der Waals surface area (Å²) in [6.07, 6.45) is 1.19. The van der Waals surface area contributed by atoms with E-state index in [4.69, 9.17) is 4.84 Å². The third-order valence-electron chi connectivity index (χ3n) is 2.54. The monoisotopic (exact) mass is 142 g/mol. The normalized spacial score (nSPS) is 45.9. The van der Waals surface area contributed by atoms with Crippen LogP contribution in [0.25, 0.3) is 0 Å². The van der Waals surface area contributed by atoms with Gasteiger partial charge in [-0.2, -0.15) is 5.48 Å². The fourth-order valence-corrected chi connectivity index (χ4v) is 1.88. The average molecular weight is 142 g/mol. The molecule has 3 heteroatoms. The summed E-state index contributed by atoms with van der Waals surface area (Å²) in [5, 5.41) is 3.47. The Labute approximate surface area is 61.1 Å². The Kier molecular flexibility index (Phi) is 1.64. The van der Waals surface area contributed by atoms with Crippen LogP contribution in [0.2, 0.25) is 0 Å². The van der Waals surface area contributed by atoms with Crippen LogP contribution in [0.5, 0.6) is 0 Å². The van der Waals surface area contributed by atoms with Gasteiger partial charge in [-0.05, 0) is 6.42 Å². The van der Waals surface area contributed by atoms with E-state index >= 15 is 0 Å². The highest BCUT2D eigenvalue weighted by Crippen LogP contribution is 2.21. The van der Waals surface area contributed by atoms with Crippen molar-refractivity contribution in [3.8, 4) is 0 Å². The Morgan fingerprint density at radius 1 is 1.60 bits per heavy atom. The van der Waals surface area contributed by atoms with Crippen LogP contribution in [-0.2, 0) is 4.84 Å². The van der Waals surface area contributed by atoms with Gasteiger partial charge in [0.1, 0.15) is 0 Å². The predicted octanol–water partition coefficient (Wildman–Crippen LogP) is -0.112. The van der Waals surface area contributed by atoms with Crippen molar-refractivity contribution in [2.45, 2.75) is 25.4 Å². The smallest absolute Gasteiger partial charge is 0.0739 e. The SMILES string of the molecule is CC[C@H]1NC[C@@H]2CON[C@@H]21. The molecular formula is C7H14N2O. The molecule has 0 amide bonds. The van der Waals surface area contributed by atoms with Crippen LogP contribution >= 0.6 is 0 Å². The van der Waals surface area contributed by atoms with Crippen LogP contribution in [0, 0.1) is 5.92 Å². The standard InChI is InChI=1S/C7H14N2O/c1-2-6-7-5(3-8-6)4-10-9-7/h5-9H,2-4H2,1H3/t5-,6-,7+/m1/s1. The molecule has 3 atom stereocenters. The second-order valence-corrected chi connectivity index (χ2v) is 3.14. The summed E-state index contributed by atoms with van der Waals surface area (Å²) in [5.41, 5.74) is 3.06. The third-order valence-corrected chi connectivity index (χ3v) is 2.54. The summed E-state index contributed by atoms with van der Waals surface area (Å²) in [4.78, 5) is 5.15. The van der Waals surface area contributed by atoms with Gasteiger partial charge >= 0.3 is 0 Å². The molecule has 2 saturated heterocycles. The van der Waals surface area contributed by atoms with Crippen molar-refractivity contribution in [3.05, 3.63) is 0 Å². The zero-order chi connectivity index (χ0) is 6.97. The molecule has 2 rings (SSSR count). The lowest BCUT2D eigenvalue weighted by Crippen LogP contribution is -2.37. The molecule has 0 spiro atoms. The minimum atomic E-state index is 0.574. The first kappa shape index (κ1) is 6.58.